The van der Waals surface area contributed by atoms with Gasteiger partial charge in [-0.25, -0.2) is 4.79 Å². The van der Waals surface area contributed by atoms with Crippen LogP contribution in [0.15, 0.2) is 60.3 Å². The minimum Gasteiger partial charge on any atom is -0.478 e. The number of hydrogen-bond donors (Lipinski definition) is 3. The van der Waals surface area contributed by atoms with E-state index in [1.165, 1.54) is 35.5 Å². The average Bonchev–Trinajstić information content (AvgIpc) is 2.62. The van der Waals surface area contributed by atoms with Gasteiger partial charge >= 0.3 is 5.97 Å². The molecule has 6 nitrogen and oxygen atoms in total. The Bertz CT molecular complexity index is 882. The Balaban J connectivity index is 1.93. The lowest BCUT2D eigenvalue weighted by molar-refractivity contribution is -0.112. The van der Waals surface area contributed by atoms with Gasteiger partial charge in [0.25, 0.3) is 5.91 Å². The molecule has 2 aromatic rings. The number of benzene rings is 2. The summed E-state index contributed by atoms with van der Waals surface area (Å²) in [6, 6.07) is 15.8. The number of amides is 1. The van der Waals surface area contributed by atoms with Crippen LogP contribution < -0.4 is 10.6 Å². The zero-order valence-electron chi connectivity index (χ0n) is 14.3. The first kappa shape index (κ1) is 18.7. The smallest absolute Gasteiger partial charge is 0.335 e. The summed E-state index contributed by atoms with van der Waals surface area (Å²) in [4.78, 5) is 23.1. The molecule has 0 heterocycles. The Hall–Kier alpha value is -3.59. The molecule has 0 bridgehead atoms. The molecule has 0 aliphatic rings. The van der Waals surface area contributed by atoms with Crippen molar-refractivity contribution in [2.75, 3.05) is 11.9 Å². The Labute approximate surface area is 151 Å². The third kappa shape index (κ3) is 5.49. The highest BCUT2D eigenvalue weighted by molar-refractivity contribution is 6.06. The van der Waals surface area contributed by atoms with Crippen molar-refractivity contribution < 1.29 is 14.7 Å². The highest BCUT2D eigenvalue weighted by Gasteiger charge is 2.10. The number of carbonyl (C=O) groups is 2. The molecule has 0 spiro atoms. The topological polar surface area (TPSA) is 102 Å². The number of nitrogens with one attached hydrogen (secondary N) is 2. The second kappa shape index (κ2) is 9.04. The minimum atomic E-state index is -1.09. The molecule has 2 rings (SSSR count). The third-order valence-corrected chi connectivity index (χ3v) is 3.62. The molecule has 26 heavy (non-hydrogen) atoms. The van der Waals surface area contributed by atoms with Crippen molar-refractivity contribution in [2.45, 2.75) is 13.3 Å². The maximum atomic E-state index is 12.1. The number of nitrogens with zero attached hydrogens (tertiary/aromatic N) is 1. The molecule has 0 unspecified atom stereocenters. The Morgan fingerprint density at radius 3 is 2.65 bits per heavy atom. The molecule has 0 aliphatic heterocycles. The largest absolute Gasteiger partial charge is 0.478 e. The number of carboxylic acid groups (broad SMARTS) is 1. The molecule has 1 amide bonds. The van der Waals surface area contributed by atoms with E-state index in [-0.39, 0.29) is 11.1 Å². The van der Waals surface area contributed by atoms with Crippen LogP contribution in [0.4, 0.5) is 5.69 Å². The first-order valence-electron chi connectivity index (χ1n) is 8.03. The summed E-state index contributed by atoms with van der Waals surface area (Å²) in [5, 5.41) is 23.6. The summed E-state index contributed by atoms with van der Waals surface area (Å²) < 4.78 is 0. The number of nitriles is 1. The lowest BCUT2D eigenvalue weighted by atomic mass is 10.1. The van der Waals surface area contributed by atoms with Gasteiger partial charge in [0.15, 0.2) is 0 Å². The molecular formula is C20H19N3O3. The number of carbonyl (C=O) groups excluding carboxylic acids is 1. The number of aromatic carboxylic acids is 1. The van der Waals surface area contributed by atoms with E-state index in [0.29, 0.717) is 12.2 Å². The van der Waals surface area contributed by atoms with Gasteiger partial charge in [-0.1, -0.05) is 35.9 Å². The lowest BCUT2D eigenvalue weighted by Crippen LogP contribution is -2.18. The normalized spacial score (nSPS) is 10.7. The van der Waals surface area contributed by atoms with Crippen LogP contribution in [-0.2, 0) is 11.2 Å². The van der Waals surface area contributed by atoms with Crippen molar-refractivity contribution in [1.29, 1.82) is 5.26 Å². The summed E-state index contributed by atoms with van der Waals surface area (Å²) >= 11 is 0. The first-order valence-corrected chi connectivity index (χ1v) is 8.03. The molecule has 0 saturated heterocycles. The van der Waals surface area contributed by atoms with Crippen molar-refractivity contribution in [3.63, 3.8) is 0 Å². The van der Waals surface area contributed by atoms with Crippen LogP contribution in [0.25, 0.3) is 0 Å². The zero-order valence-corrected chi connectivity index (χ0v) is 14.3. The number of carboxylic acids is 1. The standard InChI is InChI=1S/C20H19N3O3/c1-14-4-2-5-15(10-14)8-9-22-13-17(12-21)19(24)23-18-7-3-6-16(11-18)20(25)26/h2-7,10-11,13,22H,8-9H2,1H3,(H,23,24)(H,25,26)/b17-13-. The summed E-state index contributed by atoms with van der Waals surface area (Å²) in [7, 11) is 0. The maximum Gasteiger partial charge on any atom is 0.335 e. The second-order valence-electron chi connectivity index (χ2n) is 5.70. The number of aryl methyl sites for hydroxylation is 1. The van der Waals surface area contributed by atoms with Gasteiger partial charge in [-0.3, -0.25) is 4.79 Å². The molecule has 0 aliphatic carbocycles. The van der Waals surface area contributed by atoms with Gasteiger partial charge in [0, 0.05) is 18.4 Å². The monoisotopic (exact) mass is 349 g/mol. The molecule has 3 N–H and O–H groups in total. The van der Waals surface area contributed by atoms with E-state index in [2.05, 4.69) is 16.7 Å². The molecular weight excluding hydrogens is 330 g/mol. The van der Waals surface area contributed by atoms with E-state index in [9.17, 15) is 9.59 Å². The van der Waals surface area contributed by atoms with Crippen LogP contribution in [0.3, 0.4) is 0 Å². The molecule has 2 aromatic carbocycles. The summed E-state index contributed by atoms with van der Waals surface area (Å²) in [6.07, 6.45) is 2.13. The maximum absolute atomic E-state index is 12.1. The van der Waals surface area contributed by atoms with Crippen molar-refractivity contribution in [2.24, 2.45) is 0 Å². The highest BCUT2D eigenvalue weighted by atomic mass is 16.4. The van der Waals surface area contributed by atoms with Gasteiger partial charge in [0.2, 0.25) is 0 Å². The predicted octanol–water partition coefficient (Wildman–Crippen LogP) is 2.87. The predicted molar refractivity (Wildman–Crippen MR) is 98.6 cm³/mol. The number of hydrogen-bond acceptors (Lipinski definition) is 4. The number of anilines is 1. The van der Waals surface area contributed by atoms with Gasteiger partial charge in [0.1, 0.15) is 11.6 Å². The van der Waals surface area contributed by atoms with Crippen molar-refractivity contribution in [1.82, 2.24) is 5.32 Å². The molecule has 0 fully saturated rings. The summed E-state index contributed by atoms with van der Waals surface area (Å²) in [6.45, 7) is 2.60. The SMILES string of the molecule is Cc1cccc(CCN/C=C(/C#N)C(=O)Nc2cccc(C(=O)O)c2)c1. The Morgan fingerprint density at radius 2 is 1.96 bits per heavy atom. The van der Waals surface area contributed by atoms with Crippen LogP contribution in [0.1, 0.15) is 21.5 Å². The van der Waals surface area contributed by atoms with Crippen LogP contribution in [0.2, 0.25) is 0 Å². The first-order chi connectivity index (χ1) is 12.5. The molecule has 0 aromatic heterocycles. The van der Waals surface area contributed by atoms with Gasteiger partial charge in [-0.05, 0) is 37.1 Å². The van der Waals surface area contributed by atoms with Gasteiger partial charge in [-0.15, -0.1) is 0 Å². The van der Waals surface area contributed by atoms with Crippen LogP contribution in [-0.4, -0.2) is 23.5 Å². The molecule has 132 valence electrons. The van der Waals surface area contributed by atoms with E-state index >= 15 is 0 Å². The zero-order chi connectivity index (χ0) is 18.9. The fraction of sp³-hybridized carbons (Fsp3) is 0.150. The van der Waals surface area contributed by atoms with E-state index < -0.39 is 11.9 Å². The average molecular weight is 349 g/mol. The lowest BCUT2D eigenvalue weighted by Gasteiger charge is -2.06. The van der Waals surface area contributed by atoms with Crippen molar-refractivity contribution in [3.8, 4) is 6.07 Å². The molecule has 0 radical (unpaired) electrons. The summed E-state index contributed by atoms with van der Waals surface area (Å²) in [5.41, 5.74) is 2.63. The Kier molecular flexibility index (Phi) is 6.52. The molecule has 0 atom stereocenters. The second-order valence-corrected chi connectivity index (χ2v) is 5.70. The van der Waals surface area contributed by atoms with Gasteiger partial charge < -0.3 is 15.7 Å². The molecule has 6 heteroatoms. The van der Waals surface area contributed by atoms with Gasteiger partial charge in [-0.2, -0.15) is 5.26 Å². The van der Waals surface area contributed by atoms with E-state index in [4.69, 9.17) is 10.4 Å². The van der Waals surface area contributed by atoms with Crippen molar-refractivity contribution in [3.05, 3.63) is 77.0 Å². The summed E-state index contributed by atoms with van der Waals surface area (Å²) in [5.74, 6) is -1.69. The highest BCUT2D eigenvalue weighted by Crippen LogP contribution is 2.12. The quantitative estimate of drug-likeness (QED) is 0.405. The van der Waals surface area contributed by atoms with Gasteiger partial charge in [0.05, 0.1) is 5.56 Å². The van der Waals surface area contributed by atoms with Crippen LogP contribution in [0, 0.1) is 18.3 Å². The fourth-order valence-corrected chi connectivity index (χ4v) is 2.34. The van der Waals surface area contributed by atoms with E-state index in [0.717, 1.165) is 6.42 Å². The van der Waals surface area contributed by atoms with Crippen LogP contribution >= 0.6 is 0 Å². The minimum absolute atomic E-state index is 0.0570. The third-order valence-electron chi connectivity index (χ3n) is 3.62. The fourth-order valence-electron chi connectivity index (χ4n) is 2.34. The molecule has 0 saturated carbocycles. The van der Waals surface area contributed by atoms with Crippen molar-refractivity contribution >= 4 is 17.6 Å². The van der Waals surface area contributed by atoms with E-state index in [1.54, 1.807) is 6.07 Å². The Morgan fingerprint density at radius 1 is 1.19 bits per heavy atom. The van der Waals surface area contributed by atoms with Crippen LogP contribution in [0.5, 0.6) is 0 Å². The number of rotatable bonds is 7. The van der Waals surface area contributed by atoms with E-state index in [1.807, 2.05) is 31.2 Å².